The molecule has 0 saturated carbocycles. The molecule has 0 radical (unpaired) electrons. The summed E-state index contributed by atoms with van der Waals surface area (Å²) in [6.45, 7) is 3.15. The molecule has 1 amide bonds. The first-order chi connectivity index (χ1) is 10.9. The minimum absolute atomic E-state index is 0.0915. The molecule has 2 aromatic rings. The lowest BCUT2D eigenvalue weighted by Gasteiger charge is -2.19. The number of aliphatic carboxylic acids is 1. The molecule has 0 spiro atoms. The first-order valence-electron chi connectivity index (χ1n) is 7.22. The summed E-state index contributed by atoms with van der Waals surface area (Å²) in [5.41, 5.74) is -0.00274. The summed E-state index contributed by atoms with van der Waals surface area (Å²) in [5.74, 6) is -1.91. The fraction of sp³-hybridized carbons (Fsp3) is 0.400. The number of hydrogen-bond donors (Lipinski definition) is 1. The minimum Gasteiger partial charge on any atom is -0.548 e. The number of carbonyl (C=O) groups excluding carboxylic acids is 2. The smallest absolute Gasteiger partial charge is 0.278 e. The monoisotopic (exact) mass is 317 g/mol. The summed E-state index contributed by atoms with van der Waals surface area (Å²) in [7, 11) is 0. The molecule has 0 aliphatic rings. The van der Waals surface area contributed by atoms with Gasteiger partial charge in [0.05, 0.1) is 17.9 Å². The quantitative estimate of drug-likeness (QED) is 0.749. The molecule has 0 unspecified atom stereocenters. The van der Waals surface area contributed by atoms with Gasteiger partial charge in [0.1, 0.15) is 11.6 Å². The van der Waals surface area contributed by atoms with Crippen molar-refractivity contribution in [2.24, 2.45) is 5.92 Å². The van der Waals surface area contributed by atoms with Crippen molar-refractivity contribution in [2.45, 2.75) is 26.3 Å². The Morgan fingerprint density at radius 3 is 2.65 bits per heavy atom. The van der Waals surface area contributed by atoms with Gasteiger partial charge in [-0.1, -0.05) is 31.2 Å². The van der Waals surface area contributed by atoms with E-state index < -0.39 is 30.0 Å². The molecule has 1 atom stereocenters. The molecule has 0 bridgehead atoms. The van der Waals surface area contributed by atoms with Crippen LogP contribution in [-0.2, 0) is 9.59 Å². The Kier molecular flexibility index (Phi) is 5.05. The van der Waals surface area contributed by atoms with E-state index >= 15 is 0 Å². The maximum absolute atomic E-state index is 12.5. The fourth-order valence-electron chi connectivity index (χ4n) is 2.25. The van der Waals surface area contributed by atoms with Crippen molar-refractivity contribution < 1.29 is 14.7 Å². The van der Waals surface area contributed by atoms with E-state index in [1.807, 2.05) is 13.8 Å². The van der Waals surface area contributed by atoms with Gasteiger partial charge in [-0.05, 0) is 24.5 Å². The Balaban J connectivity index is 2.43. The third kappa shape index (κ3) is 3.91. The highest BCUT2D eigenvalue weighted by molar-refractivity contribution is 5.84. The number of carboxylic acid groups (broad SMARTS) is 1. The van der Waals surface area contributed by atoms with Crippen LogP contribution in [0.4, 0.5) is 0 Å². The number of amides is 1. The van der Waals surface area contributed by atoms with Crippen molar-refractivity contribution in [2.75, 3.05) is 6.54 Å². The third-order valence-corrected chi connectivity index (χ3v) is 3.29. The van der Waals surface area contributed by atoms with Crippen LogP contribution in [0.15, 0.2) is 29.1 Å². The average molecular weight is 317 g/mol. The Bertz CT molecular complexity index is 784. The van der Waals surface area contributed by atoms with E-state index in [0.717, 1.165) is 4.68 Å². The molecule has 0 fully saturated rings. The van der Waals surface area contributed by atoms with Gasteiger partial charge in [-0.15, -0.1) is 5.10 Å². The molecule has 8 nitrogen and oxygen atoms in total. The number of carboxylic acids is 1. The lowest BCUT2D eigenvalue weighted by molar-refractivity contribution is -0.304. The molecule has 1 heterocycles. The van der Waals surface area contributed by atoms with Crippen LogP contribution >= 0.6 is 0 Å². The second-order valence-corrected chi connectivity index (χ2v) is 5.59. The normalized spacial score (nSPS) is 12.3. The highest BCUT2D eigenvalue weighted by Crippen LogP contribution is 2.16. The van der Waals surface area contributed by atoms with Gasteiger partial charge in [0.15, 0.2) is 0 Å². The van der Waals surface area contributed by atoms with Gasteiger partial charge < -0.3 is 15.2 Å². The number of benzene rings is 1. The fourth-order valence-corrected chi connectivity index (χ4v) is 2.25. The molecule has 23 heavy (non-hydrogen) atoms. The standard InChI is InChI=1S/C15H18N4O4/c1-9(2)7-12(14(22)16-8-13(20)21)19-15(23)10-5-3-4-6-11(10)17-18-19/h3-6,9,12H,7-8H2,1-2H3,(H,16,22)(H,20,21)/p-1/t12-/m1/s1. The lowest BCUT2D eigenvalue weighted by Crippen LogP contribution is -2.44. The number of nitrogens with zero attached hydrogens (tertiary/aromatic N) is 3. The van der Waals surface area contributed by atoms with Crippen molar-refractivity contribution >= 4 is 22.8 Å². The Hall–Kier alpha value is -2.77. The predicted octanol–water partition coefficient (Wildman–Crippen LogP) is -0.755. The van der Waals surface area contributed by atoms with E-state index in [9.17, 15) is 19.5 Å². The molecule has 8 heteroatoms. The Labute approximate surface area is 132 Å². The van der Waals surface area contributed by atoms with E-state index in [-0.39, 0.29) is 5.92 Å². The third-order valence-electron chi connectivity index (χ3n) is 3.29. The molecule has 0 aliphatic heterocycles. The Morgan fingerprint density at radius 1 is 1.30 bits per heavy atom. The first-order valence-corrected chi connectivity index (χ1v) is 7.22. The van der Waals surface area contributed by atoms with Crippen LogP contribution in [0.5, 0.6) is 0 Å². The van der Waals surface area contributed by atoms with Crippen molar-refractivity contribution in [1.82, 2.24) is 20.3 Å². The van der Waals surface area contributed by atoms with Gasteiger partial charge in [0, 0.05) is 0 Å². The van der Waals surface area contributed by atoms with Gasteiger partial charge >= 0.3 is 0 Å². The molecule has 1 aromatic heterocycles. The summed E-state index contributed by atoms with van der Waals surface area (Å²) < 4.78 is 1.01. The second-order valence-electron chi connectivity index (χ2n) is 5.59. The zero-order chi connectivity index (χ0) is 17.0. The van der Waals surface area contributed by atoms with Crippen LogP contribution in [-0.4, -0.2) is 33.4 Å². The molecule has 1 aromatic carbocycles. The van der Waals surface area contributed by atoms with E-state index in [0.29, 0.717) is 17.3 Å². The first kappa shape index (κ1) is 16.6. The lowest BCUT2D eigenvalue weighted by atomic mass is 10.0. The molecular formula is C15H17N4O4-. The van der Waals surface area contributed by atoms with Crippen LogP contribution < -0.4 is 16.0 Å². The largest absolute Gasteiger partial charge is 0.548 e. The van der Waals surface area contributed by atoms with E-state index in [1.165, 1.54) is 0 Å². The van der Waals surface area contributed by atoms with Gasteiger partial charge in [0.25, 0.3) is 5.56 Å². The van der Waals surface area contributed by atoms with Crippen molar-refractivity contribution in [3.8, 4) is 0 Å². The summed E-state index contributed by atoms with van der Waals surface area (Å²) in [5, 5.41) is 20.9. The molecule has 0 aliphatic carbocycles. The van der Waals surface area contributed by atoms with Crippen LogP contribution in [0.3, 0.4) is 0 Å². The molecule has 1 N–H and O–H groups in total. The number of rotatable bonds is 6. The van der Waals surface area contributed by atoms with E-state index in [4.69, 9.17) is 0 Å². The highest BCUT2D eigenvalue weighted by Gasteiger charge is 2.24. The average Bonchev–Trinajstić information content (AvgIpc) is 2.51. The number of nitrogens with one attached hydrogen (secondary N) is 1. The van der Waals surface area contributed by atoms with Crippen molar-refractivity contribution in [3.63, 3.8) is 0 Å². The minimum atomic E-state index is -1.40. The van der Waals surface area contributed by atoms with Crippen molar-refractivity contribution in [1.29, 1.82) is 0 Å². The zero-order valence-electron chi connectivity index (χ0n) is 12.9. The number of hydrogen-bond acceptors (Lipinski definition) is 6. The number of carbonyl (C=O) groups is 2. The summed E-state index contributed by atoms with van der Waals surface area (Å²) in [6.07, 6.45) is 0.325. The maximum atomic E-state index is 12.5. The predicted molar refractivity (Wildman–Crippen MR) is 80.3 cm³/mol. The molecule has 2 rings (SSSR count). The number of fused-ring (bicyclic) bond motifs is 1. The zero-order valence-corrected chi connectivity index (χ0v) is 12.9. The molecule has 0 saturated heterocycles. The molecule has 122 valence electrons. The number of aromatic nitrogens is 3. The summed E-state index contributed by atoms with van der Waals surface area (Å²) in [4.78, 5) is 35.3. The Morgan fingerprint density at radius 2 is 2.00 bits per heavy atom. The van der Waals surface area contributed by atoms with Gasteiger partial charge in [-0.2, -0.15) is 4.68 Å². The van der Waals surface area contributed by atoms with Gasteiger partial charge in [0.2, 0.25) is 5.91 Å². The SMILES string of the molecule is CC(C)C[C@H](C(=O)NCC(=O)[O-])n1nnc2ccccc2c1=O. The van der Waals surface area contributed by atoms with E-state index in [2.05, 4.69) is 15.6 Å². The topological polar surface area (TPSA) is 117 Å². The highest BCUT2D eigenvalue weighted by atomic mass is 16.4. The van der Waals surface area contributed by atoms with Crippen LogP contribution in [0.1, 0.15) is 26.3 Å². The summed E-state index contributed by atoms with van der Waals surface area (Å²) in [6, 6.07) is 5.76. The van der Waals surface area contributed by atoms with E-state index in [1.54, 1.807) is 24.3 Å². The molecular weight excluding hydrogens is 300 g/mol. The van der Waals surface area contributed by atoms with Gasteiger partial charge in [-0.3, -0.25) is 9.59 Å². The van der Waals surface area contributed by atoms with Crippen LogP contribution in [0.25, 0.3) is 10.9 Å². The van der Waals surface area contributed by atoms with Gasteiger partial charge in [-0.25, -0.2) is 0 Å². The maximum Gasteiger partial charge on any atom is 0.278 e. The second kappa shape index (κ2) is 6.99. The van der Waals surface area contributed by atoms with Crippen LogP contribution in [0.2, 0.25) is 0 Å². The summed E-state index contributed by atoms with van der Waals surface area (Å²) >= 11 is 0. The van der Waals surface area contributed by atoms with Crippen molar-refractivity contribution in [3.05, 3.63) is 34.6 Å². The van der Waals surface area contributed by atoms with Crippen LogP contribution in [0, 0.1) is 5.92 Å².